The highest BCUT2D eigenvalue weighted by molar-refractivity contribution is 6.30. The van der Waals surface area contributed by atoms with E-state index in [9.17, 15) is 18.4 Å². The molecule has 3 aromatic carbocycles. The van der Waals surface area contributed by atoms with Gasteiger partial charge in [0.05, 0.1) is 0 Å². The molecule has 1 saturated heterocycles. The van der Waals surface area contributed by atoms with Crippen LogP contribution in [-0.4, -0.2) is 53.4 Å². The van der Waals surface area contributed by atoms with Crippen molar-refractivity contribution in [1.82, 2.24) is 15.1 Å². The van der Waals surface area contributed by atoms with Gasteiger partial charge in [-0.25, -0.2) is 8.78 Å². The van der Waals surface area contributed by atoms with Gasteiger partial charge < -0.3 is 15.0 Å². The molecule has 1 heterocycles. The molecule has 0 saturated carbocycles. The predicted octanol–water partition coefficient (Wildman–Crippen LogP) is 5.05. The van der Waals surface area contributed by atoms with E-state index in [1.165, 1.54) is 30.3 Å². The standard InChI is InChI=1S/C29H30ClF2N3O3/c1-19-16-35(20(2)15-34(19)17-21-6-9-25(31)10-7-21)28(36)18-38-27-11-8-24(30)12-23(27)14-33-29(37)22-4-3-5-26(32)13-22/h3-13,19-20H,14-18H2,1-2H3,(H,33,37)/t19-,20+/m1/s1. The third-order valence-corrected chi connectivity index (χ3v) is 6.87. The lowest BCUT2D eigenvalue weighted by Gasteiger charge is -2.44. The van der Waals surface area contributed by atoms with Gasteiger partial charge >= 0.3 is 0 Å². The Hall–Kier alpha value is -3.49. The van der Waals surface area contributed by atoms with Crippen molar-refractivity contribution in [3.8, 4) is 5.75 Å². The molecule has 0 spiro atoms. The van der Waals surface area contributed by atoms with Gasteiger partial charge in [0.1, 0.15) is 17.4 Å². The molecular weight excluding hydrogens is 512 g/mol. The van der Waals surface area contributed by atoms with Crippen LogP contribution in [0.2, 0.25) is 5.02 Å². The lowest BCUT2D eigenvalue weighted by molar-refractivity contribution is -0.139. The van der Waals surface area contributed by atoms with Crippen LogP contribution in [-0.2, 0) is 17.9 Å². The summed E-state index contributed by atoms with van der Waals surface area (Å²) in [5, 5.41) is 3.19. The van der Waals surface area contributed by atoms with Crippen molar-refractivity contribution in [2.24, 2.45) is 0 Å². The van der Waals surface area contributed by atoms with Crippen LogP contribution in [0.5, 0.6) is 5.75 Å². The highest BCUT2D eigenvalue weighted by atomic mass is 35.5. The SMILES string of the molecule is C[C@@H]1CN(C(=O)COc2ccc(Cl)cc2CNC(=O)c2cccc(F)c2)[C@@H](C)CN1Cc1ccc(F)cc1. The number of halogens is 3. The molecule has 0 radical (unpaired) electrons. The number of nitrogens with zero attached hydrogens (tertiary/aromatic N) is 2. The zero-order chi connectivity index (χ0) is 27.2. The normalized spacial score (nSPS) is 17.8. The van der Waals surface area contributed by atoms with Gasteiger partial charge in [-0.3, -0.25) is 14.5 Å². The van der Waals surface area contributed by atoms with Crippen LogP contribution in [0.4, 0.5) is 8.78 Å². The average Bonchev–Trinajstić information content (AvgIpc) is 2.89. The number of rotatable bonds is 8. The third kappa shape index (κ3) is 7.08. The lowest BCUT2D eigenvalue weighted by atomic mass is 10.1. The minimum absolute atomic E-state index is 0.0296. The van der Waals surface area contributed by atoms with E-state index in [1.807, 2.05) is 11.8 Å². The van der Waals surface area contributed by atoms with Crippen molar-refractivity contribution in [3.05, 3.63) is 100 Å². The smallest absolute Gasteiger partial charge is 0.260 e. The van der Waals surface area contributed by atoms with Crippen molar-refractivity contribution in [2.75, 3.05) is 19.7 Å². The van der Waals surface area contributed by atoms with E-state index in [4.69, 9.17) is 16.3 Å². The maximum absolute atomic E-state index is 13.5. The Balaban J connectivity index is 1.34. The number of carbonyl (C=O) groups is 2. The number of piperazine rings is 1. The van der Waals surface area contributed by atoms with E-state index in [0.717, 1.165) is 11.6 Å². The molecule has 1 aliphatic heterocycles. The molecule has 200 valence electrons. The molecule has 6 nitrogen and oxygen atoms in total. The van der Waals surface area contributed by atoms with Crippen LogP contribution >= 0.6 is 11.6 Å². The van der Waals surface area contributed by atoms with Gasteiger partial charge in [0.15, 0.2) is 6.61 Å². The van der Waals surface area contributed by atoms with Crippen LogP contribution < -0.4 is 10.1 Å². The van der Waals surface area contributed by atoms with Gasteiger partial charge in [0.25, 0.3) is 11.8 Å². The summed E-state index contributed by atoms with van der Waals surface area (Å²) in [5.41, 5.74) is 1.82. The molecular formula is C29H30ClF2N3O3. The van der Waals surface area contributed by atoms with Crippen LogP contribution in [0, 0.1) is 11.6 Å². The number of nitrogens with one attached hydrogen (secondary N) is 1. The number of carbonyl (C=O) groups excluding carboxylic acids is 2. The number of hydrogen-bond acceptors (Lipinski definition) is 4. The van der Waals surface area contributed by atoms with Crippen molar-refractivity contribution in [3.63, 3.8) is 0 Å². The molecule has 2 amide bonds. The molecule has 0 unspecified atom stereocenters. The Morgan fingerprint density at radius 2 is 1.74 bits per heavy atom. The minimum atomic E-state index is -0.497. The highest BCUT2D eigenvalue weighted by Crippen LogP contribution is 2.24. The molecule has 1 N–H and O–H groups in total. The fourth-order valence-electron chi connectivity index (χ4n) is 4.55. The number of hydrogen-bond donors (Lipinski definition) is 1. The van der Waals surface area contributed by atoms with Gasteiger partial charge in [0, 0.05) is 54.4 Å². The molecule has 0 bridgehead atoms. The second-order valence-corrected chi connectivity index (χ2v) is 9.97. The minimum Gasteiger partial charge on any atom is -0.483 e. The Morgan fingerprint density at radius 3 is 2.47 bits per heavy atom. The molecule has 3 aromatic rings. The van der Waals surface area contributed by atoms with Crippen molar-refractivity contribution in [1.29, 1.82) is 0 Å². The van der Waals surface area contributed by atoms with Crippen LogP contribution in [0.3, 0.4) is 0 Å². The topological polar surface area (TPSA) is 61.9 Å². The van der Waals surface area contributed by atoms with E-state index in [2.05, 4.69) is 17.1 Å². The molecule has 38 heavy (non-hydrogen) atoms. The van der Waals surface area contributed by atoms with Gasteiger partial charge in [-0.05, 0) is 67.9 Å². The third-order valence-electron chi connectivity index (χ3n) is 6.63. The first-order valence-electron chi connectivity index (χ1n) is 12.4. The Bertz CT molecular complexity index is 1290. The van der Waals surface area contributed by atoms with E-state index in [-0.39, 0.29) is 42.5 Å². The largest absolute Gasteiger partial charge is 0.483 e. The maximum atomic E-state index is 13.5. The maximum Gasteiger partial charge on any atom is 0.260 e. The first-order chi connectivity index (χ1) is 18.2. The summed E-state index contributed by atoms with van der Waals surface area (Å²) in [6.07, 6.45) is 0. The van der Waals surface area contributed by atoms with Gasteiger partial charge in [-0.15, -0.1) is 0 Å². The molecule has 2 atom stereocenters. The van der Waals surface area contributed by atoms with Crippen LogP contribution in [0.15, 0.2) is 66.7 Å². The molecule has 0 aromatic heterocycles. The van der Waals surface area contributed by atoms with Gasteiger partial charge in [-0.2, -0.15) is 0 Å². The average molecular weight is 542 g/mol. The number of amides is 2. The van der Waals surface area contributed by atoms with Crippen LogP contribution in [0.25, 0.3) is 0 Å². The Labute approximate surface area is 226 Å². The second-order valence-electron chi connectivity index (χ2n) is 9.53. The molecule has 1 aliphatic rings. The zero-order valence-electron chi connectivity index (χ0n) is 21.3. The predicted molar refractivity (Wildman–Crippen MR) is 142 cm³/mol. The van der Waals surface area contributed by atoms with Crippen LogP contribution in [0.1, 0.15) is 35.3 Å². The molecule has 4 rings (SSSR count). The van der Waals surface area contributed by atoms with Crippen molar-refractivity contribution in [2.45, 2.75) is 39.0 Å². The first-order valence-corrected chi connectivity index (χ1v) is 12.8. The fraction of sp³-hybridized carbons (Fsp3) is 0.310. The molecule has 9 heteroatoms. The molecule has 1 fully saturated rings. The first kappa shape index (κ1) is 27.5. The Morgan fingerprint density at radius 1 is 0.974 bits per heavy atom. The zero-order valence-corrected chi connectivity index (χ0v) is 22.1. The highest BCUT2D eigenvalue weighted by Gasteiger charge is 2.32. The summed E-state index contributed by atoms with van der Waals surface area (Å²) in [4.78, 5) is 29.6. The summed E-state index contributed by atoms with van der Waals surface area (Å²) in [7, 11) is 0. The fourth-order valence-corrected chi connectivity index (χ4v) is 4.74. The summed E-state index contributed by atoms with van der Waals surface area (Å²) < 4.78 is 32.6. The van der Waals surface area contributed by atoms with Crippen molar-refractivity contribution >= 4 is 23.4 Å². The Kier molecular flexibility index (Phi) is 8.97. The summed E-state index contributed by atoms with van der Waals surface area (Å²) in [5.74, 6) is -0.910. The summed E-state index contributed by atoms with van der Waals surface area (Å²) >= 11 is 6.15. The van der Waals surface area contributed by atoms with Gasteiger partial charge in [0.2, 0.25) is 0 Å². The monoisotopic (exact) mass is 541 g/mol. The number of ether oxygens (including phenoxy) is 1. The molecule has 0 aliphatic carbocycles. The summed E-state index contributed by atoms with van der Waals surface area (Å²) in [6, 6.07) is 16.9. The quantitative estimate of drug-likeness (QED) is 0.434. The van der Waals surface area contributed by atoms with E-state index in [0.29, 0.717) is 36.0 Å². The lowest BCUT2D eigenvalue weighted by Crippen LogP contribution is -2.58. The second kappa shape index (κ2) is 12.4. The van der Waals surface area contributed by atoms with Gasteiger partial charge in [-0.1, -0.05) is 29.8 Å². The van der Waals surface area contributed by atoms with E-state index >= 15 is 0 Å². The van der Waals surface area contributed by atoms with Crippen molar-refractivity contribution < 1.29 is 23.1 Å². The number of benzene rings is 3. The summed E-state index contributed by atoms with van der Waals surface area (Å²) in [6.45, 7) is 5.90. The van der Waals surface area contributed by atoms with E-state index in [1.54, 1.807) is 30.3 Å². The van der Waals surface area contributed by atoms with E-state index < -0.39 is 11.7 Å².